The van der Waals surface area contributed by atoms with E-state index in [0.717, 1.165) is 17.0 Å². The number of methoxy groups -OCH3 is 1. The van der Waals surface area contributed by atoms with Crippen LogP contribution >= 0.6 is 12.2 Å². The van der Waals surface area contributed by atoms with E-state index < -0.39 is 0 Å². The van der Waals surface area contributed by atoms with Crippen molar-refractivity contribution in [1.29, 1.82) is 0 Å². The number of thiocarbonyl (C=S) groups is 1. The predicted molar refractivity (Wildman–Crippen MR) is 84.2 cm³/mol. The van der Waals surface area contributed by atoms with Crippen LogP contribution in [0.2, 0.25) is 0 Å². The molecule has 0 aromatic heterocycles. The lowest BCUT2D eigenvalue weighted by atomic mass is 10.2. The van der Waals surface area contributed by atoms with Crippen LogP contribution in [-0.4, -0.2) is 17.3 Å². The van der Waals surface area contributed by atoms with Gasteiger partial charge in [-0.25, -0.2) is 0 Å². The van der Waals surface area contributed by atoms with Crippen LogP contribution in [0.4, 0.5) is 5.69 Å². The summed E-state index contributed by atoms with van der Waals surface area (Å²) < 4.78 is 5.10. The van der Waals surface area contributed by atoms with Gasteiger partial charge in [-0.2, -0.15) is 0 Å². The van der Waals surface area contributed by atoms with Gasteiger partial charge in [0.05, 0.1) is 7.11 Å². The lowest BCUT2D eigenvalue weighted by Gasteiger charge is -2.11. The molecule has 0 saturated carbocycles. The molecule has 20 heavy (non-hydrogen) atoms. The number of anilines is 1. The molecular formula is C15H16N2O2S. The van der Waals surface area contributed by atoms with Gasteiger partial charge in [0.1, 0.15) is 11.5 Å². The lowest BCUT2D eigenvalue weighted by Crippen LogP contribution is -2.27. The number of hydrogen-bond acceptors (Lipinski definition) is 3. The largest absolute Gasteiger partial charge is 0.508 e. The molecule has 0 saturated heterocycles. The van der Waals surface area contributed by atoms with E-state index >= 15 is 0 Å². The summed E-state index contributed by atoms with van der Waals surface area (Å²) in [6, 6.07) is 14.5. The molecule has 0 spiro atoms. The molecule has 5 heteroatoms. The summed E-state index contributed by atoms with van der Waals surface area (Å²) >= 11 is 5.21. The van der Waals surface area contributed by atoms with Gasteiger partial charge >= 0.3 is 0 Å². The van der Waals surface area contributed by atoms with Gasteiger partial charge in [0.15, 0.2) is 5.11 Å². The average molecular weight is 288 g/mol. The first-order valence-corrected chi connectivity index (χ1v) is 6.55. The Labute approximate surface area is 123 Å². The maximum absolute atomic E-state index is 9.20. The Hall–Kier alpha value is -2.27. The predicted octanol–water partition coefficient (Wildman–Crippen LogP) is 2.89. The van der Waals surface area contributed by atoms with Crippen LogP contribution in [0.3, 0.4) is 0 Å². The number of aromatic hydroxyl groups is 1. The number of hydrogen-bond donors (Lipinski definition) is 3. The van der Waals surface area contributed by atoms with E-state index in [0.29, 0.717) is 11.7 Å². The molecule has 0 aliphatic rings. The fourth-order valence-electron chi connectivity index (χ4n) is 1.65. The Morgan fingerprint density at radius 2 is 1.75 bits per heavy atom. The van der Waals surface area contributed by atoms with Crippen molar-refractivity contribution in [2.24, 2.45) is 0 Å². The smallest absolute Gasteiger partial charge is 0.171 e. The number of ether oxygens (including phenoxy) is 1. The first-order valence-electron chi connectivity index (χ1n) is 6.14. The molecule has 0 unspecified atom stereocenters. The SMILES string of the molecule is COc1ccc(CNC(=S)Nc2ccc(O)cc2)cc1. The minimum Gasteiger partial charge on any atom is -0.508 e. The van der Waals surface area contributed by atoms with E-state index in [1.54, 1.807) is 31.4 Å². The van der Waals surface area contributed by atoms with Gasteiger partial charge in [-0.15, -0.1) is 0 Å². The molecule has 0 aliphatic carbocycles. The standard InChI is InChI=1S/C15H16N2O2S/c1-19-14-8-2-11(3-9-14)10-16-15(20)17-12-4-6-13(18)7-5-12/h2-9,18H,10H2,1H3,(H2,16,17,20). The van der Waals surface area contributed by atoms with E-state index in [1.807, 2.05) is 24.3 Å². The van der Waals surface area contributed by atoms with Crippen molar-refractivity contribution in [3.8, 4) is 11.5 Å². The zero-order valence-corrected chi connectivity index (χ0v) is 11.9. The Morgan fingerprint density at radius 1 is 1.10 bits per heavy atom. The molecule has 4 nitrogen and oxygen atoms in total. The maximum atomic E-state index is 9.20. The summed E-state index contributed by atoms with van der Waals surface area (Å²) in [7, 11) is 1.64. The van der Waals surface area contributed by atoms with Gasteiger partial charge in [-0.1, -0.05) is 12.1 Å². The van der Waals surface area contributed by atoms with Crippen molar-refractivity contribution in [3.05, 3.63) is 54.1 Å². The zero-order chi connectivity index (χ0) is 14.4. The molecule has 3 N–H and O–H groups in total. The normalized spacial score (nSPS) is 9.85. The Morgan fingerprint density at radius 3 is 2.35 bits per heavy atom. The first-order chi connectivity index (χ1) is 9.67. The van der Waals surface area contributed by atoms with E-state index in [1.165, 1.54) is 0 Å². The van der Waals surface area contributed by atoms with Crippen molar-refractivity contribution in [1.82, 2.24) is 5.32 Å². The number of phenols is 1. The Bertz CT molecular complexity index is 567. The highest BCUT2D eigenvalue weighted by Gasteiger charge is 1.99. The Kier molecular flexibility index (Phi) is 4.79. The molecule has 104 valence electrons. The van der Waals surface area contributed by atoms with Crippen molar-refractivity contribution in [3.63, 3.8) is 0 Å². The topological polar surface area (TPSA) is 53.5 Å². The second-order valence-electron chi connectivity index (χ2n) is 4.20. The van der Waals surface area contributed by atoms with Crippen LogP contribution in [0, 0.1) is 0 Å². The fraction of sp³-hybridized carbons (Fsp3) is 0.133. The molecule has 0 bridgehead atoms. The second-order valence-corrected chi connectivity index (χ2v) is 4.61. The molecule has 0 atom stereocenters. The van der Waals surface area contributed by atoms with Crippen molar-refractivity contribution < 1.29 is 9.84 Å². The summed E-state index contributed by atoms with van der Waals surface area (Å²) in [5.41, 5.74) is 1.94. The van der Waals surface area contributed by atoms with E-state index in [4.69, 9.17) is 17.0 Å². The van der Waals surface area contributed by atoms with E-state index in [9.17, 15) is 5.11 Å². The van der Waals surface area contributed by atoms with Gasteiger partial charge in [-0.3, -0.25) is 0 Å². The minimum absolute atomic E-state index is 0.229. The van der Waals surface area contributed by atoms with Gasteiger partial charge in [0.25, 0.3) is 0 Å². The molecule has 0 radical (unpaired) electrons. The minimum atomic E-state index is 0.229. The third kappa shape index (κ3) is 4.13. The highest BCUT2D eigenvalue weighted by Crippen LogP contribution is 2.14. The molecule has 0 aliphatic heterocycles. The lowest BCUT2D eigenvalue weighted by molar-refractivity contribution is 0.414. The first kappa shape index (κ1) is 14.1. The molecule has 0 heterocycles. The summed E-state index contributed by atoms with van der Waals surface area (Å²) in [5, 5.41) is 15.9. The molecular weight excluding hydrogens is 272 g/mol. The van der Waals surface area contributed by atoms with Gasteiger partial charge in [0.2, 0.25) is 0 Å². The van der Waals surface area contributed by atoms with Gasteiger partial charge < -0.3 is 20.5 Å². The monoisotopic (exact) mass is 288 g/mol. The fourth-order valence-corrected chi connectivity index (χ4v) is 1.84. The van der Waals surface area contributed by atoms with E-state index in [-0.39, 0.29) is 5.75 Å². The Balaban J connectivity index is 1.83. The third-order valence-electron chi connectivity index (χ3n) is 2.74. The average Bonchev–Trinajstić information content (AvgIpc) is 2.48. The van der Waals surface area contributed by atoms with Crippen LogP contribution in [0.5, 0.6) is 11.5 Å². The highest BCUT2D eigenvalue weighted by atomic mass is 32.1. The molecule has 2 aromatic carbocycles. The number of rotatable bonds is 4. The van der Waals surface area contributed by atoms with Crippen LogP contribution in [-0.2, 0) is 6.54 Å². The number of benzene rings is 2. The van der Waals surface area contributed by atoms with Crippen LogP contribution in [0.25, 0.3) is 0 Å². The summed E-state index contributed by atoms with van der Waals surface area (Å²) in [6.45, 7) is 0.633. The molecule has 0 fully saturated rings. The van der Waals surface area contributed by atoms with Crippen LogP contribution in [0.15, 0.2) is 48.5 Å². The van der Waals surface area contributed by atoms with Crippen molar-refractivity contribution in [2.75, 3.05) is 12.4 Å². The summed E-state index contributed by atoms with van der Waals surface area (Å²) in [6.07, 6.45) is 0. The van der Waals surface area contributed by atoms with Crippen LogP contribution < -0.4 is 15.4 Å². The van der Waals surface area contributed by atoms with Gasteiger partial charge in [-0.05, 0) is 54.2 Å². The van der Waals surface area contributed by atoms with Crippen molar-refractivity contribution in [2.45, 2.75) is 6.54 Å². The summed E-state index contributed by atoms with van der Waals surface area (Å²) in [4.78, 5) is 0. The van der Waals surface area contributed by atoms with Crippen LogP contribution in [0.1, 0.15) is 5.56 Å². The number of nitrogens with one attached hydrogen (secondary N) is 2. The van der Waals surface area contributed by atoms with E-state index in [2.05, 4.69) is 10.6 Å². The second kappa shape index (κ2) is 6.77. The molecule has 2 aromatic rings. The van der Waals surface area contributed by atoms with Crippen molar-refractivity contribution >= 4 is 23.0 Å². The highest BCUT2D eigenvalue weighted by molar-refractivity contribution is 7.80. The zero-order valence-electron chi connectivity index (χ0n) is 11.1. The summed E-state index contributed by atoms with van der Waals surface area (Å²) in [5.74, 6) is 1.06. The molecule has 2 rings (SSSR count). The molecule has 0 amide bonds. The maximum Gasteiger partial charge on any atom is 0.171 e. The van der Waals surface area contributed by atoms with Gasteiger partial charge in [0, 0.05) is 12.2 Å². The quantitative estimate of drug-likeness (QED) is 0.596. The number of phenolic OH excluding ortho intramolecular Hbond substituents is 1. The third-order valence-corrected chi connectivity index (χ3v) is 2.98.